The molecule has 28 heavy (non-hydrogen) atoms. The second-order valence-corrected chi connectivity index (χ2v) is 8.01. The van der Waals surface area contributed by atoms with Gasteiger partial charge in [-0.05, 0) is 58.2 Å². The summed E-state index contributed by atoms with van der Waals surface area (Å²) < 4.78 is 58.6. The highest BCUT2D eigenvalue weighted by Crippen LogP contribution is 2.36. The van der Waals surface area contributed by atoms with E-state index in [1.54, 1.807) is 32.6 Å². The minimum Gasteiger partial charge on any atom is -0.460 e. The van der Waals surface area contributed by atoms with Crippen molar-refractivity contribution in [1.82, 2.24) is 0 Å². The van der Waals surface area contributed by atoms with Crippen molar-refractivity contribution in [3.05, 3.63) is 35.2 Å². The van der Waals surface area contributed by atoms with E-state index in [1.165, 1.54) is 12.1 Å². The number of halogens is 4. The van der Waals surface area contributed by atoms with Gasteiger partial charge in [-0.3, -0.25) is 4.79 Å². The van der Waals surface area contributed by atoms with Crippen LogP contribution < -0.4 is 4.90 Å². The molecule has 1 aromatic rings. The fourth-order valence-electron chi connectivity index (χ4n) is 3.13. The molecule has 0 aromatic heterocycles. The molecule has 7 heteroatoms. The van der Waals surface area contributed by atoms with E-state index in [9.17, 15) is 22.4 Å². The Hall–Kier alpha value is -2.05. The number of alkyl halides is 3. The summed E-state index contributed by atoms with van der Waals surface area (Å²) >= 11 is 0. The number of esters is 1. The summed E-state index contributed by atoms with van der Waals surface area (Å²) in [6, 6.07) is 3.32. The highest BCUT2D eigenvalue weighted by Gasteiger charge is 2.33. The number of carbonyl (C=O) groups excluding carboxylic acids is 1. The molecule has 0 saturated carbocycles. The average Bonchev–Trinajstić information content (AvgIpc) is 2.59. The van der Waals surface area contributed by atoms with Gasteiger partial charge in [0.05, 0.1) is 11.5 Å². The third-order valence-electron chi connectivity index (χ3n) is 4.58. The summed E-state index contributed by atoms with van der Waals surface area (Å²) in [5.74, 6) is -0.967. The zero-order valence-electron chi connectivity index (χ0n) is 16.7. The molecule has 1 saturated heterocycles. The first kappa shape index (κ1) is 22.2. The molecule has 0 N–H and O–H groups in total. The Morgan fingerprint density at radius 2 is 1.82 bits per heavy atom. The molecular weight excluding hydrogens is 374 g/mol. The Morgan fingerprint density at radius 1 is 1.21 bits per heavy atom. The van der Waals surface area contributed by atoms with Crippen LogP contribution in [0.3, 0.4) is 0 Å². The molecular formula is C21H27F4NO2. The molecule has 0 radical (unpaired) electrons. The molecule has 0 aliphatic carbocycles. The van der Waals surface area contributed by atoms with Crippen molar-refractivity contribution in [2.24, 2.45) is 5.92 Å². The minimum absolute atomic E-state index is 0.168. The van der Waals surface area contributed by atoms with Gasteiger partial charge in [-0.15, -0.1) is 0 Å². The largest absolute Gasteiger partial charge is 0.460 e. The third-order valence-corrected chi connectivity index (χ3v) is 4.58. The van der Waals surface area contributed by atoms with E-state index in [1.807, 2.05) is 0 Å². The predicted molar refractivity (Wildman–Crippen MR) is 102 cm³/mol. The van der Waals surface area contributed by atoms with Crippen LogP contribution in [0.25, 0.3) is 6.08 Å². The van der Waals surface area contributed by atoms with E-state index in [4.69, 9.17) is 4.74 Å². The molecule has 3 nitrogen and oxygen atoms in total. The van der Waals surface area contributed by atoms with Crippen molar-refractivity contribution in [3.63, 3.8) is 0 Å². The van der Waals surface area contributed by atoms with Gasteiger partial charge in [0.25, 0.3) is 0 Å². The van der Waals surface area contributed by atoms with E-state index in [2.05, 4.69) is 0 Å². The number of carbonyl (C=O) groups is 1. The number of rotatable bonds is 4. The molecule has 1 aliphatic rings. The van der Waals surface area contributed by atoms with E-state index < -0.39 is 23.2 Å². The first-order valence-electron chi connectivity index (χ1n) is 9.46. The van der Waals surface area contributed by atoms with Crippen LogP contribution in [0.5, 0.6) is 0 Å². The Kier molecular flexibility index (Phi) is 6.78. The summed E-state index contributed by atoms with van der Waals surface area (Å²) in [6.45, 7) is 7.83. The second kappa shape index (κ2) is 8.53. The highest BCUT2D eigenvalue weighted by atomic mass is 19.4. The summed E-state index contributed by atoms with van der Waals surface area (Å²) in [4.78, 5) is 14.0. The van der Waals surface area contributed by atoms with Crippen molar-refractivity contribution < 1.29 is 27.1 Å². The molecule has 0 unspecified atom stereocenters. The maximum absolute atomic E-state index is 13.8. The number of nitrogens with zero attached hydrogens (tertiary/aromatic N) is 1. The monoisotopic (exact) mass is 401 g/mol. The van der Waals surface area contributed by atoms with E-state index >= 15 is 0 Å². The van der Waals surface area contributed by atoms with Crippen molar-refractivity contribution >= 4 is 17.7 Å². The van der Waals surface area contributed by atoms with Crippen LogP contribution >= 0.6 is 0 Å². The summed E-state index contributed by atoms with van der Waals surface area (Å²) in [5.41, 5.74) is -0.611. The van der Waals surface area contributed by atoms with Crippen molar-refractivity contribution in [1.29, 1.82) is 0 Å². The lowest BCUT2D eigenvalue weighted by molar-refractivity contribution is -0.160. The van der Waals surface area contributed by atoms with Crippen LogP contribution in [0.4, 0.5) is 23.2 Å². The summed E-state index contributed by atoms with van der Waals surface area (Å²) in [5, 5.41) is 0. The van der Waals surface area contributed by atoms with Crippen LogP contribution in [0.15, 0.2) is 24.0 Å². The van der Waals surface area contributed by atoms with Crippen molar-refractivity contribution in [2.75, 3.05) is 18.0 Å². The smallest absolute Gasteiger partial charge is 0.416 e. The molecule has 0 bridgehead atoms. The average molecular weight is 401 g/mol. The van der Waals surface area contributed by atoms with Crippen LogP contribution in [-0.4, -0.2) is 24.7 Å². The first-order chi connectivity index (χ1) is 12.9. The standard InChI is InChI=1S/C21H27F4NO2/c1-5-17(22)12-15-6-7-16(21(23,24)25)13-18(15)26-10-8-14(9-11-26)19(27)28-20(2,3)4/h6-7,12-14H,5,8-11H2,1-4H3/b17-12-. The number of piperidine rings is 1. The molecule has 2 rings (SSSR count). The van der Waals surface area contributed by atoms with Gasteiger partial charge in [-0.2, -0.15) is 13.2 Å². The van der Waals surface area contributed by atoms with Crippen LogP contribution in [0.1, 0.15) is 58.1 Å². The Balaban J connectivity index is 2.23. The molecule has 1 aliphatic heterocycles. The maximum Gasteiger partial charge on any atom is 0.416 e. The zero-order valence-corrected chi connectivity index (χ0v) is 16.7. The number of hydrogen-bond acceptors (Lipinski definition) is 3. The zero-order chi connectivity index (χ0) is 21.1. The predicted octanol–water partition coefficient (Wildman–Crippen LogP) is 5.98. The number of benzene rings is 1. The van der Waals surface area contributed by atoms with Crippen molar-refractivity contribution in [3.8, 4) is 0 Å². The first-order valence-corrected chi connectivity index (χ1v) is 9.46. The maximum atomic E-state index is 13.8. The highest BCUT2D eigenvalue weighted by molar-refractivity contribution is 5.74. The van der Waals surface area contributed by atoms with Gasteiger partial charge in [0.1, 0.15) is 11.4 Å². The van der Waals surface area contributed by atoms with E-state index in [0.717, 1.165) is 12.1 Å². The molecule has 0 amide bonds. The fraction of sp³-hybridized carbons (Fsp3) is 0.571. The normalized spacial score (nSPS) is 17.0. The van der Waals surface area contributed by atoms with E-state index in [-0.39, 0.29) is 18.3 Å². The van der Waals surface area contributed by atoms with Gasteiger partial charge in [0, 0.05) is 24.3 Å². The molecule has 1 fully saturated rings. The quantitative estimate of drug-likeness (QED) is 0.459. The van der Waals surface area contributed by atoms with Crippen molar-refractivity contribution in [2.45, 2.75) is 58.7 Å². The molecule has 156 valence electrons. The molecule has 0 atom stereocenters. The van der Waals surface area contributed by atoms with Gasteiger partial charge in [-0.1, -0.05) is 13.0 Å². The summed E-state index contributed by atoms with van der Waals surface area (Å²) in [6.07, 6.45) is -2.08. The van der Waals surface area contributed by atoms with Gasteiger partial charge >= 0.3 is 12.1 Å². The van der Waals surface area contributed by atoms with Gasteiger partial charge in [0.2, 0.25) is 0 Å². The van der Waals surface area contributed by atoms with E-state index in [0.29, 0.717) is 37.2 Å². The molecule has 1 heterocycles. The van der Waals surface area contributed by atoms with Gasteiger partial charge in [-0.25, -0.2) is 4.39 Å². The SMILES string of the molecule is CC/C(F)=C/c1ccc(C(F)(F)F)cc1N1CCC(C(=O)OC(C)(C)C)CC1. The molecule has 0 spiro atoms. The van der Waals surface area contributed by atoms with Crippen LogP contribution in [0.2, 0.25) is 0 Å². The topological polar surface area (TPSA) is 29.5 Å². The van der Waals surface area contributed by atoms with Crippen LogP contribution in [0, 0.1) is 5.92 Å². The fourth-order valence-corrected chi connectivity index (χ4v) is 3.13. The number of hydrogen-bond donors (Lipinski definition) is 0. The number of ether oxygens (including phenoxy) is 1. The molecule has 1 aromatic carbocycles. The van der Waals surface area contributed by atoms with Gasteiger partial charge < -0.3 is 9.64 Å². The number of allylic oxidation sites excluding steroid dienone is 1. The lowest BCUT2D eigenvalue weighted by atomic mass is 9.95. The Labute approximate surface area is 163 Å². The minimum atomic E-state index is -4.48. The van der Waals surface area contributed by atoms with Crippen LogP contribution in [-0.2, 0) is 15.7 Å². The lowest BCUT2D eigenvalue weighted by Gasteiger charge is -2.35. The summed E-state index contributed by atoms with van der Waals surface area (Å²) in [7, 11) is 0. The lowest BCUT2D eigenvalue weighted by Crippen LogP contribution is -2.39. The Morgan fingerprint density at radius 3 is 2.32 bits per heavy atom. The van der Waals surface area contributed by atoms with Gasteiger partial charge in [0.15, 0.2) is 0 Å². The third kappa shape index (κ3) is 5.97. The second-order valence-electron chi connectivity index (χ2n) is 8.01. The number of anilines is 1. The Bertz CT molecular complexity index is 727.